The van der Waals surface area contributed by atoms with Crippen LogP contribution in [0.25, 0.3) is 0 Å². The molecule has 3 heteroatoms. The van der Waals surface area contributed by atoms with E-state index in [2.05, 4.69) is 11.3 Å². The van der Waals surface area contributed by atoms with Crippen molar-refractivity contribution in [1.29, 1.82) is 0 Å². The summed E-state index contributed by atoms with van der Waals surface area (Å²) in [7, 11) is 1.85. The van der Waals surface area contributed by atoms with Crippen molar-refractivity contribution < 1.29 is 18.9 Å². The van der Waals surface area contributed by atoms with Crippen LogP contribution in [-0.2, 0) is 7.05 Å². The van der Waals surface area contributed by atoms with Gasteiger partial charge in [-0.15, -0.1) is 12.4 Å². The topological polar surface area (TPSA) is 17.8 Å². The Labute approximate surface area is 61.1 Å². The van der Waals surface area contributed by atoms with Gasteiger partial charge in [-0.25, -0.2) is 0 Å². The Hall–Kier alpha value is -0.193. The molecule has 1 rings (SSSR count). The molecule has 0 radical (unpaired) electrons. The van der Waals surface area contributed by atoms with E-state index in [1.807, 2.05) is 14.0 Å². The average molecular weight is 102 g/mol. The van der Waals surface area contributed by atoms with E-state index in [1.54, 1.807) is 10.9 Å². The first-order chi connectivity index (χ1) is 3.29. The summed E-state index contributed by atoms with van der Waals surface area (Å²) in [5, 5.41) is 3.88. The Morgan fingerprint density at radius 2 is 2.38 bits per heavy atom. The van der Waals surface area contributed by atoms with Crippen molar-refractivity contribution in [3.05, 3.63) is 18.0 Å². The van der Waals surface area contributed by atoms with Crippen molar-refractivity contribution >= 4 is 0 Å². The van der Waals surface area contributed by atoms with Crippen molar-refractivity contribution in [2.45, 2.75) is 6.92 Å². The van der Waals surface area contributed by atoms with Gasteiger partial charge in [-0.3, -0.25) is 5.10 Å². The fourth-order valence-electron chi connectivity index (χ4n) is 0.486. The molecule has 1 heterocycles. The zero-order valence-corrected chi connectivity index (χ0v) is 5.47. The summed E-state index contributed by atoms with van der Waals surface area (Å²) in [5.41, 5.74) is 1.09. The van der Waals surface area contributed by atoms with Crippen molar-refractivity contribution in [1.82, 2.24) is 9.78 Å². The summed E-state index contributed by atoms with van der Waals surface area (Å²) in [4.78, 5) is 0. The van der Waals surface area contributed by atoms with E-state index < -0.39 is 0 Å². The normalized spacial score (nSPS) is 8.25. The second kappa shape index (κ2) is 2.96. The molecule has 0 unspecified atom stereocenters. The first-order valence-corrected chi connectivity index (χ1v) is 2.17. The summed E-state index contributed by atoms with van der Waals surface area (Å²) in [6.45, 7) is 1.97. The van der Waals surface area contributed by atoms with Crippen LogP contribution in [0.3, 0.4) is 0 Å². The number of aryl methyl sites for hydroxylation is 2. The zero-order chi connectivity index (χ0) is 5.28. The van der Waals surface area contributed by atoms with Crippen LogP contribution in [0.15, 0.2) is 6.20 Å². The molecule has 0 fully saturated rings. The van der Waals surface area contributed by atoms with E-state index in [4.69, 9.17) is 0 Å². The standard InChI is InChI=1S/C5H7N2.Li/c1-5-3-6-7(2)4-5;/h3H,1-2H3;/q-1;+1. The molecule has 0 aliphatic carbocycles. The molecule has 0 bridgehead atoms. The molecule has 0 amide bonds. The first-order valence-electron chi connectivity index (χ1n) is 2.17. The molecule has 1 aromatic heterocycles. The molecular weight excluding hydrogens is 95.0 g/mol. The van der Waals surface area contributed by atoms with Crippen LogP contribution in [0.1, 0.15) is 5.56 Å². The Bertz CT molecular complexity index is 143. The summed E-state index contributed by atoms with van der Waals surface area (Å²) in [5.74, 6) is 0. The third-order valence-corrected chi connectivity index (χ3v) is 0.763. The number of aromatic nitrogens is 2. The van der Waals surface area contributed by atoms with E-state index in [0.29, 0.717) is 0 Å². The third-order valence-electron chi connectivity index (χ3n) is 0.763. The number of nitrogens with zero attached hydrogens (tertiary/aromatic N) is 2. The quantitative estimate of drug-likeness (QED) is 0.262. The maximum absolute atomic E-state index is 3.88. The van der Waals surface area contributed by atoms with Crippen molar-refractivity contribution in [2.75, 3.05) is 0 Å². The Morgan fingerprint density at radius 1 is 1.75 bits per heavy atom. The van der Waals surface area contributed by atoms with Crippen molar-refractivity contribution in [3.8, 4) is 0 Å². The Kier molecular flexibility index (Phi) is 2.89. The minimum Gasteiger partial charge on any atom is -0.379 e. The second-order valence-corrected chi connectivity index (χ2v) is 1.56. The maximum Gasteiger partial charge on any atom is 1.00 e. The minimum atomic E-state index is 0. The minimum absolute atomic E-state index is 0. The van der Waals surface area contributed by atoms with Gasteiger partial charge in [0.25, 0.3) is 0 Å². The molecule has 1 aromatic rings. The second-order valence-electron chi connectivity index (χ2n) is 1.56. The Morgan fingerprint density at radius 3 is 2.50 bits per heavy atom. The molecule has 2 nitrogen and oxygen atoms in total. The van der Waals surface area contributed by atoms with Gasteiger partial charge in [-0.1, -0.05) is 6.92 Å². The summed E-state index contributed by atoms with van der Waals surface area (Å²) in [6.07, 6.45) is 4.72. The first kappa shape index (κ1) is 7.81. The van der Waals surface area contributed by atoms with Gasteiger partial charge in [0.05, 0.1) is 0 Å². The molecule has 0 N–H and O–H groups in total. The molecule has 0 saturated heterocycles. The maximum atomic E-state index is 3.88. The fourth-order valence-corrected chi connectivity index (χ4v) is 0.486. The molecule has 0 aliphatic heterocycles. The summed E-state index contributed by atoms with van der Waals surface area (Å²) >= 11 is 0. The predicted molar refractivity (Wildman–Crippen MR) is 26.8 cm³/mol. The van der Waals surface area contributed by atoms with Gasteiger partial charge in [0.2, 0.25) is 0 Å². The van der Waals surface area contributed by atoms with Crippen LogP contribution >= 0.6 is 0 Å². The van der Waals surface area contributed by atoms with E-state index in [0.717, 1.165) is 5.56 Å². The smallest absolute Gasteiger partial charge is 0.379 e. The van der Waals surface area contributed by atoms with E-state index >= 15 is 0 Å². The SMILES string of the molecule is Cc1[c-]n(C)nc1.[Li+]. The molecule has 0 saturated carbocycles. The van der Waals surface area contributed by atoms with E-state index in [-0.39, 0.29) is 18.9 Å². The van der Waals surface area contributed by atoms with Crippen LogP contribution in [-0.4, -0.2) is 9.78 Å². The Balaban J connectivity index is 0.000000490. The summed E-state index contributed by atoms with van der Waals surface area (Å²) < 4.78 is 1.66. The van der Waals surface area contributed by atoms with Gasteiger partial charge in [-0.05, 0) is 0 Å². The van der Waals surface area contributed by atoms with E-state index in [9.17, 15) is 0 Å². The van der Waals surface area contributed by atoms with Crippen LogP contribution in [0, 0.1) is 13.1 Å². The zero-order valence-electron chi connectivity index (χ0n) is 5.47. The average Bonchev–Trinajstić information content (AvgIpc) is 1.87. The molecular formula is C5H7LiN2. The van der Waals surface area contributed by atoms with Gasteiger partial charge in [0.1, 0.15) is 0 Å². The number of hydrogen-bond acceptors (Lipinski definition) is 1. The van der Waals surface area contributed by atoms with Crippen LogP contribution < -0.4 is 18.9 Å². The van der Waals surface area contributed by atoms with Crippen molar-refractivity contribution in [2.24, 2.45) is 7.05 Å². The number of hydrogen-bond donors (Lipinski definition) is 0. The third kappa shape index (κ3) is 1.73. The van der Waals surface area contributed by atoms with Gasteiger partial charge in [-0.2, -0.15) is 5.56 Å². The van der Waals surface area contributed by atoms with Gasteiger partial charge in [0, 0.05) is 7.05 Å². The molecule has 8 heavy (non-hydrogen) atoms. The molecule has 0 aromatic carbocycles. The van der Waals surface area contributed by atoms with Crippen LogP contribution in [0.2, 0.25) is 0 Å². The molecule has 0 aliphatic rings. The number of rotatable bonds is 0. The van der Waals surface area contributed by atoms with Gasteiger partial charge in [0.15, 0.2) is 0 Å². The largest absolute Gasteiger partial charge is 1.00 e. The predicted octanol–water partition coefficient (Wildman–Crippen LogP) is -2.47. The molecule has 0 spiro atoms. The monoisotopic (exact) mass is 102 g/mol. The van der Waals surface area contributed by atoms with Gasteiger partial charge < -0.3 is 4.68 Å². The summed E-state index contributed by atoms with van der Waals surface area (Å²) in [6, 6.07) is 0. The fraction of sp³-hybridized carbons (Fsp3) is 0.400. The molecule has 0 atom stereocenters. The van der Waals surface area contributed by atoms with Gasteiger partial charge >= 0.3 is 18.9 Å². The van der Waals surface area contributed by atoms with E-state index in [1.165, 1.54) is 0 Å². The van der Waals surface area contributed by atoms with Crippen LogP contribution in [0.4, 0.5) is 0 Å². The van der Waals surface area contributed by atoms with Crippen LogP contribution in [0.5, 0.6) is 0 Å². The van der Waals surface area contributed by atoms with Crippen molar-refractivity contribution in [3.63, 3.8) is 0 Å². The molecule has 38 valence electrons.